The lowest BCUT2D eigenvalue weighted by Crippen LogP contribution is -2.01. The van der Waals surface area contributed by atoms with Crippen LogP contribution in [-0.2, 0) is 0 Å². The van der Waals surface area contributed by atoms with E-state index in [9.17, 15) is 4.79 Å². The SMILES string of the molecule is Cc1cc(-c2cc(C)n3ncc(C(=O)O)c3n2)on1. The number of rotatable bonds is 2. The van der Waals surface area contributed by atoms with Gasteiger partial charge in [0.2, 0.25) is 0 Å². The molecule has 0 spiro atoms. The van der Waals surface area contributed by atoms with Gasteiger partial charge in [0.1, 0.15) is 11.3 Å². The summed E-state index contributed by atoms with van der Waals surface area (Å²) in [5.74, 6) is -0.562. The van der Waals surface area contributed by atoms with Crippen LogP contribution in [0.2, 0.25) is 0 Å². The lowest BCUT2D eigenvalue weighted by atomic mass is 10.2. The van der Waals surface area contributed by atoms with Crippen molar-refractivity contribution in [2.75, 3.05) is 0 Å². The van der Waals surface area contributed by atoms with Crippen molar-refractivity contribution in [1.29, 1.82) is 0 Å². The number of hydrogen-bond donors (Lipinski definition) is 1. The van der Waals surface area contributed by atoms with E-state index in [0.29, 0.717) is 11.5 Å². The van der Waals surface area contributed by atoms with Crippen LogP contribution in [0.15, 0.2) is 22.9 Å². The summed E-state index contributed by atoms with van der Waals surface area (Å²) in [6, 6.07) is 3.51. The fourth-order valence-corrected chi connectivity index (χ4v) is 1.87. The third-order valence-corrected chi connectivity index (χ3v) is 2.76. The van der Waals surface area contributed by atoms with E-state index in [1.807, 2.05) is 6.92 Å². The van der Waals surface area contributed by atoms with E-state index in [1.165, 1.54) is 10.7 Å². The van der Waals surface area contributed by atoms with Crippen LogP contribution in [0, 0.1) is 13.8 Å². The minimum atomic E-state index is -1.06. The van der Waals surface area contributed by atoms with Crippen molar-refractivity contribution in [3.63, 3.8) is 0 Å². The van der Waals surface area contributed by atoms with Gasteiger partial charge in [-0.25, -0.2) is 14.3 Å². The van der Waals surface area contributed by atoms with Gasteiger partial charge in [-0.3, -0.25) is 0 Å². The maximum absolute atomic E-state index is 11.1. The molecule has 0 saturated carbocycles. The smallest absolute Gasteiger partial charge is 0.341 e. The minimum Gasteiger partial charge on any atom is -0.477 e. The van der Waals surface area contributed by atoms with E-state index < -0.39 is 5.97 Å². The number of hydrogen-bond acceptors (Lipinski definition) is 5. The molecular formula is C12H10N4O3. The fraction of sp³-hybridized carbons (Fsp3) is 0.167. The first-order valence-electron chi connectivity index (χ1n) is 5.58. The lowest BCUT2D eigenvalue weighted by Gasteiger charge is -2.02. The van der Waals surface area contributed by atoms with Crippen LogP contribution in [-0.4, -0.2) is 30.8 Å². The third-order valence-electron chi connectivity index (χ3n) is 2.76. The van der Waals surface area contributed by atoms with Gasteiger partial charge in [0.05, 0.1) is 11.9 Å². The average Bonchev–Trinajstić information content (AvgIpc) is 2.94. The largest absolute Gasteiger partial charge is 0.477 e. The Balaban J connectivity index is 2.27. The number of fused-ring (bicyclic) bond motifs is 1. The molecule has 0 fully saturated rings. The second-order valence-electron chi connectivity index (χ2n) is 4.21. The number of aromatic nitrogens is 4. The summed E-state index contributed by atoms with van der Waals surface area (Å²) in [6.45, 7) is 3.62. The molecule has 3 rings (SSSR count). The van der Waals surface area contributed by atoms with Crippen LogP contribution in [0.4, 0.5) is 0 Å². The van der Waals surface area contributed by atoms with Gasteiger partial charge in [0, 0.05) is 11.8 Å². The van der Waals surface area contributed by atoms with Gasteiger partial charge in [-0.1, -0.05) is 5.16 Å². The van der Waals surface area contributed by atoms with Gasteiger partial charge in [-0.2, -0.15) is 5.10 Å². The maximum Gasteiger partial charge on any atom is 0.341 e. The first kappa shape index (κ1) is 11.4. The second kappa shape index (κ2) is 3.91. The maximum atomic E-state index is 11.1. The molecule has 0 atom stereocenters. The second-order valence-corrected chi connectivity index (χ2v) is 4.21. The summed E-state index contributed by atoms with van der Waals surface area (Å²) in [7, 11) is 0. The Hall–Kier alpha value is -2.70. The fourth-order valence-electron chi connectivity index (χ4n) is 1.87. The van der Waals surface area contributed by atoms with Crippen LogP contribution < -0.4 is 0 Å². The summed E-state index contributed by atoms with van der Waals surface area (Å²) < 4.78 is 6.62. The summed E-state index contributed by atoms with van der Waals surface area (Å²) in [5, 5.41) is 16.9. The molecule has 0 aliphatic heterocycles. The highest BCUT2D eigenvalue weighted by Gasteiger charge is 2.16. The van der Waals surface area contributed by atoms with Gasteiger partial charge in [-0.15, -0.1) is 0 Å². The summed E-state index contributed by atoms with van der Waals surface area (Å²) in [4.78, 5) is 15.4. The molecule has 0 aromatic carbocycles. The zero-order valence-electron chi connectivity index (χ0n) is 10.3. The van der Waals surface area contributed by atoms with Crippen LogP contribution in [0.1, 0.15) is 21.7 Å². The lowest BCUT2D eigenvalue weighted by molar-refractivity contribution is 0.0699. The normalized spacial score (nSPS) is 11.1. The Kier molecular flexibility index (Phi) is 2.34. The van der Waals surface area contributed by atoms with Crippen molar-refractivity contribution in [3.05, 3.63) is 35.3 Å². The molecule has 19 heavy (non-hydrogen) atoms. The Bertz CT molecular complexity index is 787. The van der Waals surface area contributed by atoms with Gasteiger partial charge in [-0.05, 0) is 19.9 Å². The number of carboxylic acids is 1. The Morgan fingerprint density at radius 3 is 2.79 bits per heavy atom. The van der Waals surface area contributed by atoms with Crippen LogP contribution >= 0.6 is 0 Å². The number of aromatic carboxylic acids is 1. The predicted molar refractivity (Wildman–Crippen MR) is 64.9 cm³/mol. The number of nitrogens with zero attached hydrogens (tertiary/aromatic N) is 4. The van der Waals surface area contributed by atoms with E-state index in [0.717, 1.165) is 11.4 Å². The Morgan fingerprint density at radius 1 is 1.37 bits per heavy atom. The molecule has 0 saturated heterocycles. The molecular weight excluding hydrogens is 248 g/mol. The molecule has 7 nitrogen and oxygen atoms in total. The van der Waals surface area contributed by atoms with Crippen molar-refractivity contribution in [3.8, 4) is 11.5 Å². The Labute approximate surface area is 107 Å². The van der Waals surface area contributed by atoms with E-state index in [1.54, 1.807) is 19.1 Å². The molecule has 7 heteroatoms. The standard InChI is InChI=1S/C12H10N4O3/c1-6-3-10(19-15-6)9-4-7(2)16-11(14-9)8(5-13-16)12(17)18/h3-5H,1-2H3,(H,17,18). The van der Waals surface area contributed by atoms with Crippen LogP contribution in [0.25, 0.3) is 17.1 Å². The highest BCUT2D eigenvalue weighted by molar-refractivity contribution is 5.94. The van der Waals surface area contributed by atoms with Crippen molar-refractivity contribution >= 4 is 11.6 Å². The van der Waals surface area contributed by atoms with Crippen LogP contribution in [0.5, 0.6) is 0 Å². The highest BCUT2D eigenvalue weighted by atomic mass is 16.5. The van der Waals surface area contributed by atoms with E-state index in [4.69, 9.17) is 9.63 Å². The predicted octanol–water partition coefficient (Wildman–Crippen LogP) is 1.70. The molecule has 0 bridgehead atoms. The van der Waals surface area contributed by atoms with E-state index in [-0.39, 0.29) is 11.2 Å². The minimum absolute atomic E-state index is 0.0567. The molecule has 3 aromatic rings. The topological polar surface area (TPSA) is 93.5 Å². The first-order valence-corrected chi connectivity index (χ1v) is 5.58. The van der Waals surface area contributed by atoms with Crippen LogP contribution in [0.3, 0.4) is 0 Å². The quantitative estimate of drug-likeness (QED) is 0.751. The molecule has 0 amide bonds. The molecule has 0 aliphatic rings. The number of carbonyl (C=O) groups is 1. The molecule has 3 aromatic heterocycles. The molecule has 0 aliphatic carbocycles. The number of aryl methyl sites for hydroxylation is 2. The zero-order chi connectivity index (χ0) is 13.6. The van der Waals surface area contributed by atoms with E-state index >= 15 is 0 Å². The van der Waals surface area contributed by atoms with Crippen molar-refractivity contribution in [1.82, 2.24) is 19.8 Å². The monoisotopic (exact) mass is 258 g/mol. The van der Waals surface area contributed by atoms with E-state index in [2.05, 4.69) is 15.2 Å². The molecule has 96 valence electrons. The van der Waals surface area contributed by atoms with Gasteiger partial charge in [0.15, 0.2) is 11.4 Å². The molecule has 1 N–H and O–H groups in total. The van der Waals surface area contributed by atoms with Crippen molar-refractivity contribution in [2.45, 2.75) is 13.8 Å². The summed E-state index contributed by atoms with van der Waals surface area (Å²) >= 11 is 0. The molecule has 3 heterocycles. The molecule has 0 unspecified atom stereocenters. The van der Waals surface area contributed by atoms with Crippen molar-refractivity contribution in [2.24, 2.45) is 0 Å². The van der Waals surface area contributed by atoms with Gasteiger partial charge < -0.3 is 9.63 Å². The summed E-state index contributed by atoms with van der Waals surface area (Å²) in [5.41, 5.74) is 2.38. The Morgan fingerprint density at radius 2 is 2.16 bits per heavy atom. The number of carboxylic acid groups (broad SMARTS) is 1. The van der Waals surface area contributed by atoms with Gasteiger partial charge >= 0.3 is 5.97 Å². The average molecular weight is 258 g/mol. The zero-order valence-corrected chi connectivity index (χ0v) is 10.3. The summed E-state index contributed by atoms with van der Waals surface area (Å²) in [6.07, 6.45) is 1.28. The molecule has 0 radical (unpaired) electrons. The third kappa shape index (κ3) is 1.75. The highest BCUT2D eigenvalue weighted by Crippen LogP contribution is 2.21. The van der Waals surface area contributed by atoms with Crippen molar-refractivity contribution < 1.29 is 14.4 Å². The van der Waals surface area contributed by atoms with Gasteiger partial charge in [0.25, 0.3) is 0 Å². The first-order chi connectivity index (χ1) is 9.06.